The summed E-state index contributed by atoms with van der Waals surface area (Å²) in [7, 11) is 0. The number of nitrogens with zero attached hydrogens (tertiary/aromatic N) is 1. The lowest BCUT2D eigenvalue weighted by Crippen LogP contribution is -2.29. The van der Waals surface area contributed by atoms with Gasteiger partial charge in [0.1, 0.15) is 15.8 Å². The molecule has 5 nitrogen and oxygen atoms in total. The molecule has 1 saturated heterocycles. The summed E-state index contributed by atoms with van der Waals surface area (Å²) in [5.41, 5.74) is 0.370. The number of carboxylic acid groups (broad SMARTS) is 1. The minimum atomic E-state index is -0.979. The van der Waals surface area contributed by atoms with Gasteiger partial charge in [0.2, 0.25) is 0 Å². The minimum absolute atomic E-state index is 0.0497. The Morgan fingerprint density at radius 1 is 1.26 bits per heavy atom. The molecule has 0 radical (unpaired) electrons. The van der Waals surface area contributed by atoms with Gasteiger partial charge in [-0.25, -0.2) is 8.78 Å². The lowest BCUT2D eigenvalue weighted by molar-refractivity contribution is -0.137. The third-order valence-electron chi connectivity index (χ3n) is 3.75. The number of rotatable bonds is 6. The zero-order valence-corrected chi connectivity index (χ0v) is 15.4. The SMILES string of the molecule is O=C(O)CCCN1C(=O)/C(=C\c2ccc(-c3ccc(F)c(F)c3)o2)SC1=S. The molecule has 1 fully saturated rings. The summed E-state index contributed by atoms with van der Waals surface area (Å²) in [5.74, 6) is -2.49. The van der Waals surface area contributed by atoms with Gasteiger partial charge in [-0.05, 0) is 36.8 Å². The number of carbonyl (C=O) groups excluding carboxylic acids is 1. The zero-order valence-electron chi connectivity index (χ0n) is 13.8. The van der Waals surface area contributed by atoms with E-state index in [9.17, 15) is 18.4 Å². The Morgan fingerprint density at radius 2 is 2.04 bits per heavy atom. The zero-order chi connectivity index (χ0) is 19.6. The number of amides is 1. The van der Waals surface area contributed by atoms with Crippen LogP contribution in [0.25, 0.3) is 17.4 Å². The maximum absolute atomic E-state index is 13.4. The maximum Gasteiger partial charge on any atom is 0.303 e. The van der Waals surface area contributed by atoms with Crippen LogP contribution in [0.1, 0.15) is 18.6 Å². The molecule has 1 aliphatic rings. The summed E-state index contributed by atoms with van der Waals surface area (Å²) < 4.78 is 32.3. The summed E-state index contributed by atoms with van der Waals surface area (Å²) in [4.78, 5) is 24.7. The molecule has 27 heavy (non-hydrogen) atoms. The van der Waals surface area contributed by atoms with Crippen molar-refractivity contribution in [2.24, 2.45) is 0 Å². The van der Waals surface area contributed by atoms with E-state index in [1.807, 2.05) is 0 Å². The van der Waals surface area contributed by atoms with Crippen LogP contribution >= 0.6 is 24.0 Å². The van der Waals surface area contributed by atoms with Crippen LogP contribution in [0, 0.1) is 11.6 Å². The molecule has 0 spiro atoms. The van der Waals surface area contributed by atoms with E-state index in [2.05, 4.69) is 0 Å². The largest absolute Gasteiger partial charge is 0.481 e. The summed E-state index contributed by atoms with van der Waals surface area (Å²) in [5, 5.41) is 8.69. The van der Waals surface area contributed by atoms with Crippen LogP contribution in [0.3, 0.4) is 0 Å². The van der Waals surface area contributed by atoms with E-state index in [4.69, 9.17) is 21.7 Å². The molecule has 0 unspecified atom stereocenters. The molecule has 1 N–H and O–H groups in total. The third kappa shape index (κ3) is 4.42. The average Bonchev–Trinajstić information content (AvgIpc) is 3.17. The average molecular weight is 409 g/mol. The molecular formula is C18H13F2NO4S2. The Labute approximate surface area is 162 Å². The van der Waals surface area contributed by atoms with E-state index >= 15 is 0 Å². The molecule has 9 heteroatoms. The van der Waals surface area contributed by atoms with E-state index in [-0.39, 0.29) is 18.9 Å². The van der Waals surface area contributed by atoms with Gasteiger partial charge in [0.15, 0.2) is 11.6 Å². The monoisotopic (exact) mass is 409 g/mol. The van der Waals surface area contributed by atoms with E-state index in [1.54, 1.807) is 12.1 Å². The summed E-state index contributed by atoms with van der Waals surface area (Å²) in [6, 6.07) is 6.62. The molecule has 1 aromatic carbocycles. The fourth-order valence-electron chi connectivity index (χ4n) is 2.45. The van der Waals surface area contributed by atoms with Crippen molar-refractivity contribution in [1.82, 2.24) is 4.90 Å². The number of thioether (sulfide) groups is 1. The summed E-state index contributed by atoms with van der Waals surface area (Å²) in [6.07, 6.45) is 1.77. The highest BCUT2D eigenvalue weighted by molar-refractivity contribution is 8.26. The number of furan rings is 1. The first-order chi connectivity index (χ1) is 12.8. The van der Waals surface area contributed by atoms with Crippen molar-refractivity contribution < 1.29 is 27.9 Å². The van der Waals surface area contributed by atoms with Crippen LogP contribution in [0.2, 0.25) is 0 Å². The normalized spacial score (nSPS) is 15.8. The Hall–Kier alpha value is -2.52. The Bertz CT molecular complexity index is 955. The van der Waals surface area contributed by atoms with Gasteiger partial charge in [-0.3, -0.25) is 14.5 Å². The molecule has 1 aliphatic heterocycles. The molecule has 0 bridgehead atoms. The van der Waals surface area contributed by atoms with Gasteiger partial charge in [-0.1, -0.05) is 24.0 Å². The number of thiocarbonyl (C=S) groups is 1. The van der Waals surface area contributed by atoms with Crippen LogP contribution in [-0.4, -0.2) is 32.7 Å². The number of carbonyl (C=O) groups is 2. The van der Waals surface area contributed by atoms with Gasteiger partial charge in [0.05, 0.1) is 4.91 Å². The Balaban J connectivity index is 1.74. The van der Waals surface area contributed by atoms with Crippen molar-refractivity contribution in [1.29, 1.82) is 0 Å². The third-order valence-corrected chi connectivity index (χ3v) is 5.13. The van der Waals surface area contributed by atoms with E-state index in [0.29, 0.717) is 32.7 Å². The van der Waals surface area contributed by atoms with Crippen molar-refractivity contribution >= 4 is 46.3 Å². The molecule has 2 heterocycles. The van der Waals surface area contributed by atoms with Crippen LogP contribution in [0.5, 0.6) is 0 Å². The summed E-state index contributed by atoms with van der Waals surface area (Å²) >= 11 is 6.27. The highest BCUT2D eigenvalue weighted by Gasteiger charge is 2.31. The highest BCUT2D eigenvalue weighted by atomic mass is 32.2. The quantitative estimate of drug-likeness (QED) is 0.567. The number of carboxylic acids is 1. The van der Waals surface area contributed by atoms with Gasteiger partial charge in [-0.2, -0.15) is 0 Å². The molecule has 140 valence electrons. The van der Waals surface area contributed by atoms with E-state index < -0.39 is 17.6 Å². The van der Waals surface area contributed by atoms with Gasteiger partial charge < -0.3 is 9.52 Å². The molecule has 2 aromatic rings. The van der Waals surface area contributed by atoms with Crippen LogP contribution in [-0.2, 0) is 9.59 Å². The molecule has 0 aliphatic carbocycles. The van der Waals surface area contributed by atoms with Crippen molar-refractivity contribution in [2.45, 2.75) is 12.8 Å². The first kappa shape index (κ1) is 19.2. The fourth-order valence-corrected chi connectivity index (χ4v) is 3.73. The van der Waals surface area contributed by atoms with Gasteiger partial charge in [-0.15, -0.1) is 0 Å². The minimum Gasteiger partial charge on any atom is -0.481 e. The summed E-state index contributed by atoms with van der Waals surface area (Å²) in [6.45, 7) is 0.229. The van der Waals surface area contributed by atoms with Crippen LogP contribution < -0.4 is 0 Å². The van der Waals surface area contributed by atoms with Crippen molar-refractivity contribution in [3.63, 3.8) is 0 Å². The molecule has 1 amide bonds. The van der Waals surface area contributed by atoms with E-state index in [0.717, 1.165) is 23.9 Å². The predicted molar refractivity (Wildman–Crippen MR) is 101 cm³/mol. The lowest BCUT2D eigenvalue weighted by Gasteiger charge is -2.13. The predicted octanol–water partition coefficient (Wildman–Crippen LogP) is 4.29. The molecule has 1 aromatic heterocycles. The fraction of sp³-hybridized carbons (Fsp3) is 0.167. The number of benzene rings is 1. The topological polar surface area (TPSA) is 70.8 Å². The smallest absolute Gasteiger partial charge is 0.303 e. The number of hydrogen-bond acceptors (Lipinski definition) is 5. The first-order valence-corrected chi connectivity index (χ1v) is 9.10. The number of halogens is 2. The van der Waals surface area contributed by atoms with Gasteiger partial charge >= 0.3 is 5.97 Å². The van der Waals surface area contributed by atoms with E-state index in [1.165, 1.54) is 17.0 Å². The van der Waals surface area contributed by atoms with Crippen molar-refractivity contribution in [3.05, 3.63) is 52.6 Å². The number of hydrogen-bond donors (Lipinski definition) is 1. The lowest BCUT2D eigenvalue weighted by atomic mass is 10.1. The van der Waals surface area contributed by atoms with Crippen LogP contribution in [0.4, 0.5) is 8.78 Å². The van der Waals surface area contributed by atoms with Gasteiger partial charge in [0.25, 0.3) is 5.91 Å². The molecule has 0 saturated carbocycles. The maximum atomic E-state index is 13.4. The molecular weight excluding hydrogens is 396 g/mol. The second kappa shape index (κ2) is 8.01. The second-order valence-electron chi connectivity index (χ2n) is 5.66. The van der Waals surface area contributed by atoms with Gasteiger partial charge in [0, 0.05) is 24.6 Å². The van der Waals surface area contributed by atoms with Crippen molar-refractivity contribution in [2.75, 3.05) is 6.54 Å². The standard InChI is InChI=1S/C18H13F2NO4S2/c19-12-5-3-10(8-13(12)20)14-6-4-11(25-14)9-15-17(24)21(18(26)27-15)7-1-2-16(22)23/h3-6,8-9H,1-2,7H2,(H,22,23)/b15-9+. The van der Waals surface area contributed by atoms with Crippen molar-refractivity contribution in [3.8, 4) is 11.3 Å². The molecule has 0 atom stereocenters. The Morgan fingerprint density at radius 3 is 2.74 bits per heavy atom. The molecule has 3 rings (SSSR count). The Kier molecular flexibility index (Phi) is 5.71. The number of aliphatic carboxylic acids is 1. The van der Waals surface area contributed by atoms with Crippen LogP contribution in [0.15, 0.2) is 39.7 Å². The second-order valence-corrected chi connectivity index (χ2v) is 7.34. The first-order valence-electron chi connectivity index (χ1n) is 7.87. The highest BCUT2D eigenvalue weighted by Crippen LogP contribution is 2.34.